The zero-order chi connectivity index (χ0) is 19.9. The predicted octanol–water partition coefficient (Wildman–Crippen LogP) is 2.87. The third kappa shape index (κ3) is 4.36. The lowest BCUT2D eigenvalue weighted by Crippen LogP contribution is -2.26. The van der Waals surface area contributed by atoms with Crippen LogP contribution in [-0.2, 0) is 10.0 Å². The Hall–Kier alpha value is -1.84. The number of hydrogen-bond donors (Lipinski definition) is 2. The van der Waals surface area contributed by atoms with Gasteiger partial charge in [0, 0.05) is 13.6 Å². The monoisotopic (exact) mass is 413 g/mol. The molecule has 0 spiro atoms. The normalized spacial score (nSPS) is 20.4. The standard InChI is InChI=1S/C17H24ClN5O3S/c1-9-5-11(9)7-20-14-6-12(17-21-8-13(26-17)10(2)19)15(18)16(22-14)23(3)27(4,24)25/h6,8-11H,5,7,19H2,1-4H3,(H,20,22). The fourth-order valence-electron chi connectivity index (χ4n) is 2.67. The molecule has 0 bridgehead atoms. The van der Waals surface area contributed by atoms with Gasteiger partial charge in [-0.25, -0.2) is 18.4 Å². The van der Waals surface area contributed by atoms with Crippen LogP contribution in [0.2, 0.25) is 5.02 Å². The summed E-state index contributed by atoms with van der Waals surface area (Å²) in [5, 5.41) is 3.41. The molecule has 0 saturated heterocycles. The number of halogens is 1. The lowest BCUT2D eigenvalue weighted by molar-refractivity contribution is 0.488. The van der Waals surface area contributed by atoms with Gasteiger partial charge in [0.15, 0.2) is 5.82 Å². The van der Waals surface area contributed by atoms with Crippen LogP contribution in [0.15, 0.2) is 16.7 Å². The highest BCUT2D eigenvalue weighted by molar-refractivity contribution is 7.92. The molecule has 10 heteroatoms. The molecule has 2 aromatic rings. The Bertz CT molecular complexity index is 944. The third-order valence-electron chi connectivity index (χ3n) is 4.76. The summed E-state index contributed by atoms with van der Waals surface area (Å²) in [6.07, 6.45) is 3.80. The van der Waals surface area contributed by atoms with Gasteiger partial charge >= 0.3 is 0 Å². The lowest BCUT2D eigenvalue weighted by atomic mass is 10.2. The van der Waals surface area contributed by atoms with E-state index in [1.807, 2.05) is 0 Å². The van der Waals surface area contributed by atoms with Crippen molar-refractivity contribution in [3.8, 4) is 11.5 Å². The van der Waals surface area contributed by atoms with E-state index < -0.39 is 10.0 Å². The van der Waals surface area contributed by atoms with Crippen molar-refractivity contribution in [1.82, 2.24) is 9.97 Å². The van der Waals surface area contributed by atoms with E-state index in [1.54, 1.807) is 13.0 Å². The van der Waals surface area contributed by atoms with Gasteiger partial charge in [-0.2, -0.15) is 0 Å². The summed E-state index contributed by atoms with van der Waals surface area (Å²) in [6, 6.07) is 1.39. The molecule has 1 aliphatic carbocycles. The maximum atomic E-state index is 12.0. The van der Waals surface area contributed by atoms with Gasteiger partial charge in [-0.05, 0) is 31.2 Å². The zero-order valence-corrected chi connectivity index (χ0v) is 17.3. The van der Waals surface area contributed by atoms with Crippen molar-refractivity contribution in [3.63, 3.8) is 0 Å². The van der Waals surface area contributed by atoms with E-state index in [0.29, 0.717) is 29.0 Å². The van der Waals surface area contributed by atoms with Crippen LogP contribution in [0.3, 0.4) is 0 Å². The number of nitrogens with zero attached hydrogens (tertiary/aromatic N) is 3. The fraction of sp³-hybridized carbons (Fsp3) is 0.529. The molecule has 8 nitrogen and oxygen atoms in total. The van der Waals surface area contributed by atoms with Gasteiger partial charge in [0.25, 0.3) is 0 Å². The molecule has 3 N–H and O–H groups in total. The second kappa shape index (κ2) is 7.29. The predicted molar refractivity (Wildman–Crippen MR) is 106 cm³/mol. The average molecular weight is 414 g/mol. The Kier molecular flexibility index (Phi) is 5.38. The molecule has 1 saturated carbocycles. The molecule has 27 heavy (non-hydrogen) atoms. The molecule has 1 aliphatic rings. The number of pyridine rings is 1. The topological polar surface area (TPSA) is 114 Å². The highest BCUT2D eigenvalue weighted by Gasteiger charge is 2.32. The first-order valence-corrected chi connectivity index (χ1v) is 10.9. The van der Waals surface area contributed by atoms with Gasteiger partial charge in [-0.3, -0.25) is 4.31 Å². The fourth-order valence-corrected chi connectivity index (χ4v) is 3.47. The van der Waals surface area contributed by atoms with Gasteiger partial charge in [0.2, 0.25) is 15.9 Å². The molecular formula is C17H24ClN5O3S. The zero-order valence-electron chi connectivity index (χ0n) is 15.7. The quantitative estimate of drug-likeness (QED) is 0.717. The van der Waals surface area contributed by atoms with Crippen LogP contribution in [0.25, 0.3) is 11.5 Å². The van der Waals surface area contributed by atoms with Gasteiger partial charge < -0.3 is 15.5 Å². The minimum absolute atomic E-state index is 0.114. The number of hydrogen-bond acceptors (Lipinski definition) is 7. The van der Waals surface area contributed by atoms with Crippen molar-refractivity contribution in [1.29, 1.82) is 0 Å². The van der Waals surface area contributed by atoms with Crippen LogP contribution in [0.1, 0.15) is 32.1 Å². The molecule has 1 fully saturated rings. The van der Waals surface area contributed by atoms with Gasteiger partial charge in [0.1, 0.15) is 11.6 Å². The van der Waals surface area contributed by atoms with E-state index in [-0.39, 0.29) is 22.8 Å². The summed E-state index contributed by atoms with van der Waals surface area (Å²) >= 11 is 6.48. The van der Waals surface area contributed by atoms with Crippen LogP contribution < -0.4 is 15.4 Å². The molecule has 148 valence electrons. The molecule has 3 rings (SSSR count). The van der Waals surface area contributed by atoms with E-state index in [1.165, 1.54) is 19.7 Å². The summed E-state index contributed by atoms with van der Waals surface area (Å²) in [7, 11) is -2.14. The second-order valence-electron chi connectivity index (χ2n) is 7.13. The van der Waals surface area contributed by atoms with Gasteiger partial charge in [-0.1, -0.05) is 18.5 Å². The van der Waals surface area contributed by atoms with Crippen LogP contribution in [0.5, 0.6) is 0 Å². The number of nitrogens with one attached hydrogen (secondary N) is 1. The molecule has 3 unspecified atom stereocenters. The van der Waals surface area contributed by atoms with Crippen molar-refractivity contribution < 1.29 is 12.8 Å². The van der Waals surface area contributed by atoms with Crippen molar-refractivity contribution in [2.75, 3.05) is 29.5 Å². The number of sulfonamides is 1. The number of rotatable bonds is 7. The molecule has 2 aromatic heterocycles. The lowest BCUT2D eigenvalue weighted by Gasteiger charge is -2.19. The first kappa shape index (κ1) is 19.9. The van der Waals surface area contributed by atoms with Crippen LogP contribution in [0, 0.1) is 11.8 Å². The molecule has 0 aliphatic heterocycles. The average Bonchev–Trinajstić information content (AvgIpc) is 3.08. The smallest absolute Gasteiger partial charge is 0.233 e. The van der Waals surface area contributed by atoms with Crippen LogP contribution in [0.4, 0.5) is 11.6 Å². The second-order valence-corrected chi connectivity index (χ2v) is 9.53. The van der Waals surface area contributed by atoms with E-state index in [9.17, 15) is 8.42 Å². The Balaban J connectivity index is 2.03. The van der Waals surface area contributed by atoms with E-state index in [0.717, 1.165) is 17.1 Å². The molecule has 0 aromatic carbocycles. The maximum absolute atomic E-state index is 12.0. The summed E-state index contributed by atoms with van der Waals surface area (Å²) in [5.74, 6) is 2.68. The van der Waals surface area contributed by atoms with Crippen molar-refractivity contribution in [2.45, 2.75) is 26.3 Å². The van der Waals surface area contributed by atoms with Crippen LogP contribution >= 0.6 is 11.6 Å². The first-order valence-electron chi connectivity index (χ1n) is 8.68. The SMILES string of the molecule is CC(N)c1cnc(-c2cc(NCC3CC3C)nc(N(C)S(C)(=O)=O)c2Cl)o1. The molecule has 2 heterocycles. The van der Waals surface area contributed by atoms with E-state index in [2.05, 4.69) is 22.2 Å². The summed E-state index contributed by atoms with van der Waals surface area (Å²) < 4.78 is 30.8. The summed E-state index contributed by atoms with van der Waals surface area (Å²) in [4.78, 5) is 8.64. The van der Waals surface area contributed by atoms with Gasteiger partial charge in [-0.15, -0.1) is 0 Å². The van der Waals surface area contributed by atoms with Crippen molar-refractivity contribution >= 4 is 33.3 Å². The maximum Gasteiger partial charge on any atom is 0.233 e. The molecular weight excluding hydrogens is 390 g/mol. The Morgan fingerprint density at radius 1 is 1.52 bits per heavy atom. The van der Waals surface area contributed by atoms with Crippen molar-refractivity contribution in [3.05, 3.63) is 23.0 Å². The van der Waals surface area contributed by atoms with Crippen LogP contribution in [-0.4, -0.2) is 38.2 Å². The number of nitrogens with two attached hydrogens (primary N) is 1. The Morgan fingerprint density at radius 3 is 2.70 bits per heavy atom. The van der Waals surface area contributed by atoms with Crippen molar-refractivity contribution in [2.24, 2.45) is 17.6 Å². The first-order chi connectivity index (χ1) is 12.6. The molecule has 0 radical (unpaired) electrons. The summed E-state index contributed by atoms with van der Waals surface area (Å²) in [5.41, 5.74) is 6.28. The summed E-state index contributed by atoms with van der Waals surface area (Å²) in [6.45, 7) is 4.73. The Labute approximate surface area is 164 Å². The highest BCUT2D eigenvalue weighted by atomic mass is 35.5. The van der Waals surface area contributed by atoms with E-state index >= 15 is 0 Å². The minimum Gasteiger partial charge on any atom is -0.439 e. The molecule has 3 atom stereocenters. The van der Waals surface area contributed by atoms with Gasteiger partial charge in [0.05, 0.1) is 29.1 Å². The van der Waals surface area contributed by atoms with E-state index in [4.69, 9.17) is 21.8 Å². The Morgan fingerprint density at radius 2 is 2.19 bits per heavy atom. The number of aromatic nitrogens is 2. The highest BCUT2D eigenvalue weighted by Crippen LogP contribution is 2.39. The minimum atomic E-state index is -3.54. The number of oxazole rings is 1. The molecule has 0 amide bonds. The number of anilines is 2. The largest absolute Gasteiger partial charge is 0.439 e. The third-order valence-corrected chi connectivity index (χ3v) is 6.30.